The van der Waals surface area contributed by atoms with E-state index in [0.717, 1.165) is 17.8 Å². The highest BCUT2D eigenvalue weighted by Crippen LogP contribution is 1.99. The first kappa shape index (κ1) is 10.0. The second-order valence-electron chi connectivity index (χ2n) is 1.63. The van der Waals surface area contributed by atoms with Crippen LogP contribution in [-0.4, -0.2) is 29.8 Å². The maximum Gasteiger partial charge on any atom is 0.328 e. The molecule has 0 saturated heterocycles. The number of amides is 1. The van der Waals surface area contributed by atoms with Gasteiger partial charge in [0.1, 0.15) is 0 Å². The first-order chi connectivity index (χ1) is 5.16. The van der Waals surface area contributed by atoms with Crippen molar-refractivity contribution in [2.45, 2.75) is 0 Å². The summed E-state index contributed by atoms with van der Waals surface area (Å²) in [5, 5.41) is 11.9. The van der Waals surface area contributed by atoms with Crippen LogP contribution in [0, 0.1) is 0 Å². The number of nitrogens with one attached hydrogen (secondary N) is 1. The quantitative estimate of drug-likeness (QED) is 0.593. The monoisotopic (exact) mass is 175 g/mol. The maximum absolute atomic E-state index is 10.5. The van der Waals surface area contributed by atoms with Crippen molar-refractivity contribution in [3.63, 3.8) is 0 Å². The van der Waals surface area contributed by atoms with Crippen molar-refractivity contribution in [3.05, 3.63) is 11.5 Å². The van der Waals surface area contributed by atoms with Gasteiger partial charge >= 0.3 is 5.97 Å². The van der Waals surface area contributed by atoms with Crippen LogP contribution in [0.4, 0.5) is 0 Å². The minimum atomic E-state index is -1.01. The van der Waals surface area contributed by atoms with Crippen LogP contribution in [0.3, 0.4) is 0 Å². The van der Waals surface area contributed by atoms with E-state index < -0.39 is 5.97 Å². The molecule has 0 fully saturated rings. The standard InChI is InChI=1S/C6H9NO3S/c1-7-5(8)4-11-3-2-6(9)10/h2-3H,4H2,1H3,(H,7,8)(H,9,10)/b3-2+. The zero-order chi connectivity index (χ0) is 8.69. The SMILES string of the molecule is CNC(=O)CS/C=C/C(=O)O. The number of carbonyl (C=O) groups is 2. The van der Waals surface area contributed by atoms with Gasteiger partial charge in [-0.2, -0.15) is 0 Å². The number of thioether (sulfide) groups is 1. The fraction of sp³-hybridized carbons (Fsp3) is 0.333. The Morgan fingerprint density at radius 3 is 2.73 bits per heavy atom. The van der Waals surface area contributed by atoms with E-state index in [1.807, 2.05) is 0 Å². The lowest BCUT2D eigenvalue weighted by Gasteiger charge is -1.92. The normalized spacial score (nSPS) is 9.91. The molecule has 0 rings (SSSR count). The van der Waals surface area contributed by atoms with Crippen LogP contribution in [0.15, 0.2) is 11.5 Å². The fourth-order valence-electron chi connectivity index (χ4n) is 0.302. The fourth-order valence-corrected chi connectivity index (χ4v) is 0.907. The second-order valence-corrected chi connectivity index (χ2v) is 2.52. The van der Waals surface area contributed by atoms with Gasteiger partial charge in [0.05, 0.1) is 5.75 Å². The van der Waals surface area contributed by atoms with Crippen molar-refractivity contribution in [2.75, 3.05) is 12.8 Å². The number of carbonyl (C=O) groups excluding carboxylic acids is 1. The Kier molecular flexibility index (Phi) is 5.28. The van der Waals surface area contributed by atoms with Gasteiger partial charge in [-0.25, -0.2) is 4.79 Å². The van der Waals surface area contributed by atoms with Gasteiger partial charge < -0.3 is 10.4 Å². The van der Waals surface area contributed by atoms with Gasteiger partial charge in [-0.3, -0.25) is 4.79 Å². The molecular formula is C6H9NO3S. The highest BCUT2D eigenvalue weighted by Gasteiger charge is 1.94. The second kappa shape index (κ2) is 5.79. The predicted octanol–water partition coefficient (Wildman–Crippen LogP) is 0.0639. The number of hydrogen-bond donors (Lipinski definition) is 2. The molecule has 0 unspecified atom stereocenters. The van der Waals surface area contributed by atoms with Crippen LogP contribution in [-0.2, 0) is 9.59 Å². The molecule has 0 saturated carbocycles. The molecular weight excluding hydrogens is 166 g/mol. The molecule has 0 spiro atoms. The summed E-state index contributed by atoms with van der Waals surface area (Å²) in [4.78, 5) is 20.5. The Balaban J connectivity index is 3.41. The smallest absolute Gasteiger partial charge is 0.328 e. The Hall–Kier alpha value is -0.970. The Morgan fingerprint density at radius 1 is 1.64 bits per heavy atom. The first-order valence-electron chi connectivity index (χ1n) is 2.88. The van der Waals surface area contributed by atoms with Crippen LogP contribution in [0.25, 0.3) is 0 Å². The van der Waals surface area contributed by atoms with E-state index in [1.165, 1.54) is 12.5 Å². The third kappa shape index (κ3) is 6.92. The minimum absolute atomic E-state index is 0.120. The van der Waals surface area contributed by atoms with Crippen molar-refractivity contribution >= 4 is 23.6 Å². The van der Waals surface area contributed by atoms with E-state index in [0.29, 0.717) is 0 Å². The van der Waals surface area contributed by atoms with Gasteiger partial charge in [-0.15, -0.1) is 11.8 Å². The molecule has 0 aromatic heterocycles. The van der Waals surface area contributed by atoms with Crippen LogP contribution in [0.5, 0.6) is 0 Å². The van der Waals surface area contributed by atoms with Crippen molar-refractivity contribution in [2.24, 2.45) is 0 Å². The highest BCUT2D eigenvalue weighted by atomic mass is 32.2. The summed E-state index contributed by atoms with van der Waals surface area (Å²) in [6.45, 7) is 0. The Bertz CT molecular complexity index is 179. The summed E-state index contributed by atoms with van der Waals surface area (Å²) in [7, 11) is 1.53. The van der Waals surface area contributed by atoms with Crippen molar-refractivity contribution < 1.29 is 14.7 Å². The van der Waals surface area contributed by atoms with Crippen LogP contribution >= 0.6 is 11.8 Å². The van der Waals surface area contributed by atoms with Gasteiger partial charge in [-0.05, 0) is 5.41 Å². The third-order valence-electron chi connectivity index (χ3n) is 0.800. The molecule has 0 radical (unpaired) electrons. The Morgan fingerprint density at radius 2 is 2.27 bits per heavy atom. The average molecular weight is 175 g/mol. The molecule has 11 heavy (non-hydrogen) atoms. The van der Waals surface area contributed by atoms with Gasteiger partial charge in [0.15, 0.2) is 0 Å². The zero-order valence-electron chi connectivity index (χ0n) is 6.03. The summed E-state index contributed by atoms with van der Waals surface area (Å²) in [6.07, 6.45) is 0.994. The third-order valence-corrected chi connectivity index (χ3v) is 1.56. The number of carboxylic acids is 1. The lowest BCUT2D eigenvalue weighted by molar-refractivity contribution is -0.131. The van der Waals surface area contributed by atoms with E-state index in [1.54, 1.807) is 0 Å². The summed E-state index contributed by atoms with van der Waals surface area (Å²) >= 11 is 1.14. The number of aliphatic carboxylic acids is 1. The largest absolute Gasteiger partial charge is 0.478 e. The van der Waals surface area contributed by atoms with Gasteiger partial charge in [0.25, 0.3) is 0 Å². The molecule has 0 aliphatic carbocycles. The summed E-state index contributed by atoms with van der Waals surface area (Å²) < 4.78 is 0. The Labute approximate surface area is 68.7 Å². The molecule has 0 aliphatic rings. The predicted molar refractivity (Wildman–Crippen MR) is 43.3 cm³/mol. The number of rotatable bonds is 4. The first-order valence-corrected chi connectivity index (χ1v) is 3.93. The summed E-state index contributed by atoms with van der Waals surface area (Å²) in [5.41, 5.74) is 0. The summed E-state index contributed by atoms with van der Waals surface area (Å²) in [6, 6.07) is 0. The summed E-state index contributed by atoms with van der Waals surface area (Å²) in [5.74, 6) is -0.875. The minimum Gasteiger partial charge on any atom is -0.478 e. The van der Waals surface area contributed by atoms with Crippen LogP contribution < -0.4 is 5.32 Å². The van der Waals surface area contributed by atoms with E-state index >= 15 is 0 Å². The zero-order valence-corrected chi connectivity index (χ0v) is 6.85. The average Bonchev–Trinajstić information content (AvgIpc) is 1.97. The lowest BCUT2D eigenvalue weighted by Crippen LogP contribution is -2.19. The molecule has 62 valence electrons. The molecule has 1 amide bonds. The molecule has 2 N–H and O–H groups in total. The molecule has 4 nitrogen and oxygen atoms in total. The molecule has 0 aromatic carbocycles. The lowest BCUT2D eigenvalue weighted by atomic mass is 10.7. The highest BCUT2D eigenvalue weighted by molar-refractivity contribution is 8.02. The molecule has 0 aliphatic heterocycles. The molecule has 0 atom stereocenters. The van der Waals surface area contributed by atoms with Gasteiger partial charge in [0.2, 0.25) is 5.91 Å². The van der Waals surface area contributed by atoms with Crippen LogP contribution in [0.1, 0.15) is 0 Å². The molecule has 0 heterocycles. The van der Waals surface area contributed by atoms with E-state index in [9.17, 15) is 9.59 Å². The number of carboxylic acid groups (broad SMARTS) is 1. The van der Waals surface area contributed by atoms with E-state index in [2.05, 4.69) is 5.32 Å². The van der Waals surface area contributed by atoms with Gasteiger partial charge in [0, 0.05) is 13.1 Å². The molecule has 0 aromatic rings. The van der Waals surface area contributed by atoms with Gasteiger partial charge in [-0.1, -0.05) is 0 Å². The number of hydrogen-bond acceptors (Lipinski definition) is 3. The van der Waals surface area contributed by atoms with Crippen molar-refractivity contribution in [1.29, 1.82) is 0 Å². The molecule has 0 bridgehead atoms. The maximum atomic E-state index is 10.5. The van der Waals surface area contributed by atoms with E-state index in [4.69, 9.17) is 5.11 Å². The van der Waals surface area contributed by atoms with E-state index in [-0.39, 0.29) is 11.7 Å². The van der Waals surface area contributed by atoms with Crippen molar-refractivity contribution in [3.8, 4) is 0 Å². The van der Waals surface area contributed by atoms with Crippen molar-refractivity contribution in [1.82, 2.24) is 5.32 Å². The topological polar surface area (TPSA) is 66.4 Å². The van der Waals surface area contributed by atoms with Crippen LogP contribution in [0.2, 0.25) is 0 Å². The molecule has 5 heteroatoms.